The molecule has 8 nitrogen and oxygen atoms in total. The molecule has 148 valence electrons. The molecule has 0 aliphatic carbocycles. The van der Waals surface area contributed by atoms with E-state index in [2.05, 4.69) is 26.0 Å². The topological polar surface area (TPSA) is 86.2 Å². The van der Waals surface area contributed by atoms with Crippen LogP contribution in [0, 0.1) is 0 Å². The maximum Gasteiger partial charge on any atom is 0.266 e. The first-order chi connectivity index (χ1) is 14.0. The third-order valence-corrected chi connectivity index (χ3v) is 5.12. The fourth-order valence-electron chi connectivity index (χ4n) is 3.12. The number of hydrogen-bond acceptors (Lipinski definition) is 5. The fourth-order valence-corrected chi connectivity index (χ4v) is 3.71. The van der Waals surface area contributed by atoms with E-state index in [0.29, 0.717) is 34.5 Å². The van der Waals surface area contributed by atoms with Crippen LogP contribution in [0.2, 0.25) is 0 Å². The summed E-state index contributed by atoms with van der Waals surface area (Å²) < 4.78 is 8.64. The van der Waals surface area contributed by atoms with Crippen molar-refractivity contribution in [3.05, 3.63) is 81.3 Å². The normalized spacial score (nSPS) is 11.1. The molecule has 0 aliphatic heterocycles. The molecule has 1 amide bonds. The molecule has 29 heavy (non-hydrogen) atoms. The van der Waals surface area contributed by atoms with Gasteiger partial charge in [-0.25, -0.2) is 9.67 Å². The van der Waals surface area contributed by atoms with E-state index < -0.39 is 0 Å². The average Bonchev–Trinajstić information content (AvgIpc) is 3.32. The highest BCUT2D eigenvalue weighted by Crippen LogP contribution is 2.17. The highest BCUT2D eigenvalue weighted by Gasteiger charge is 2.19. The zero-order chi connectivity index (χ0) is 20.4. The van der Waals surface area contributed by atoms with Gasteiger partial charge in [-0.2, -0.15) is 5.10 Å². The summed E-state index contributed by atoms with van der Waals surface area (Å²) in [5.41, 5.74) is 1.13. The Kier molecular flexibility index (Phi) is 5.30. The van der Waals surface area contributed by atoms with Crippen molar-refractivity contribution < 1.29 is 9.21 Å². The summed E-state index contributed by atoms with van der Waals surface area (Å²) in [6.07, 6.45) is 2.95. The van der Waals surface area contributed by atoms with Gasteiger partial charge in [0.1, 0.15) is 28.6 Å². The van der Waals surface area contributed by atoms with Crippen molar-refractivity contribution >= 4 is 32.9 Å². The van der Waals surface area contributed by atoms with Gasteiger partial charge in [0.2, 0.25) is 5.91 Å². The number of halogens is 1. The van der Waals surface area contributed by atoms with E-state index in [1.54, 1.807) is 24.3 Å². The number of fused-ring (bicyclic) bond motifs is 1. The summed E-state index contributed by atoms with van der Waals surface area (Å²) in [7, 11) is 1.71. The van der Waals surface area contributed by atoms with Crippen LogP contribution in [0.4, 0.5) is 0 Å². The number of aromatic nitrogens is 4. The van der Waals surface area contributed by atoms with E-state index in [1.165, 1.54) is 15.6 Å². The summed E-state index contributed by atoms with van der Waals surface area (Å²) in [6, 6.07) is 13.3. The minimum Gasteiger partial charge on any atom is -0.467 e. The van der Waals surface area contributed by atoms with Crippen LogP contribution in [-0.4, -0.2) is 30.1 Å². The molecule has 3 aromatic heterocycles. The first-order valence-corrected chi connectivity index (χ1v) is 9.74. The van der Waals surface area contributed by atoms with E-state index in [1.807, 2.05) is 36.4 Å². The van der Waals surface area contributed by atoms with Crippen LogP contribution in [0.5, 0.6) is 0 Å². The number of furan rings is 1. The Bertz CT molecular complexity index is 1200. The van der Waals surface area contributed by atoms with Crippen LogP contribution in [-0.2, 0) is 31.5 Å². The van der Waals surface area contributed by atoms with Crippen molar-refractivity contribution in [2.45, 2.75) is 19.6 Å². The number of carbonyl (C=O) groups excluding carboxylic acids is 1. The Morgan fingerprint density at radius 2 is 1.97 bits per heavy atom. The van der Waals surface area contributed by atoms with E-state index in [-0.39, 0.29) is 18.0 Å². The van der Waals surface area contributed by atoms with Crippen LogP contribution in [0.25, 0.3) is 11.0 Å². The number of amides is 1. The Morgan fingerprint density at radius 3 is 2.69 bits per heavy atom. The van der Waals surface area contributed by atoms with Gasteiger partial charge in [-0.1, -0.05) is 30.3 Å². The molecule has 0 aliphatic rings. The average molecular weight is 456 g/mol. The Hall–Kier alpha value is -3.20. The molecule has 0 radical (unpaired) electrons. The van der Waals surface area contributed by atoms with Gasteiger partial charge in [0.15, 0.2) is 5.65 Å². The van der Waals surface area contributed by atoms with Gasteiger partial charge in [0.05, 0.1) is 12.8 Å². The van der Waals surface area contributed by atoms with Crippen molar-refractivity contribution in [3.8, 4) is 0 Å². The molecule has 0 atom stereocenters. The molecule has 0 unspecified atom stereocenters. The second kappa shape index (κ2) is 8.04. The smallest absolute Gasteiger partial charge is 0.266 e. The monoisotopic (exact) mass is 455 g/mol. The van der Waals surface area contributed by atoms with Crippen LogP contribution in [0.15, 0.2) is 68.9 Å². The molecule has 4 rings (SSSR count). The van der Waals surface area contributed by atoms with Gasteiger partial charge in [-0.05, 0) is 33.6 Å². The van der Waals surface area contributed by atoms with Crippen molar-refractivity contribution in [2.24, 2.45) is 7.05 Å². The third-order valence-electron chi connectivity index (χ3n) is 4.57. The number of aryl methyl sites for hydroxylation is 1. The van der Waals surface area contributed by atoms with E-state index in [9.17, 15) is 9.59 Å². The van der Waals surface area contributed by atoms with Crippen LogP contribution in [0.3, 0.4) is 0 Å². The highest BCUT2D eigenvalue weighted by molar-refractivity contribution is 9.10. The number of rotatable bonds is 6. The maximum atomic E-state index is 13.1. The summed E-state index contributed by atoms with van der Waals surface area (Å²) >= 11 is 3.29. The largest absolute Gasteiger partial charge is 0.467 e. The number of carbonyl (C=O) groups is 1. The standard InChI is InChI=1S/C20H18BrN5O3/c1-24-19-17(18(21)23-24)20(28)26(13-22-19)12-16(27)25(11-15-8-5-9-29-15)10-14-6-3-2-4-7-14/h2-9,13H,10-12H2,1H3. The lowest BCUT2D eigenvalue weighted by molar-refractivity contribution is -0.133. The third kappa shape index (κ3) is 4.00. The Labute approximate surface area is 174 Å². The summed E-state index contributed by atoms with van der Waals surface area (Å²) in [5, 5.41) is 4.51. The van der Waals surface area contributed by atoms with Gasteiger partial charge in [-0.3, -0.25) is 14.2 Å². The second-order valence-electron chi connectivity index (χ2n) is 6.61. The fraction of sp³-hybridized carbons (Fsp3) is 0.200. The second-order valence-corrected chi connectivity index (χ2v) is 7.36. The van der Waals surface area contributed by atoms with Gasteiger partial charge in [0, 0.05) is 13.6 Å². The molecular formula is C20H18BrN5O3. The zero-order valence-electron chi connectivity index (χ0n) is 15.7. The molecule has 0 saturated carbocycles. The van der Waals surface area contributed by atoms with Gasteiger partial charge in [-0.15, -0.1) is 0 Å². The predicted octanol–water partition coefficient (Wildman–Crippen LogP) is 2.71. The number of nitrogens with zero attached hydrogens (tertiary/aromatic N) is 5. The predicted molar refractivity (Wildman–Crippen MR) is 110 cm³/mol. The zero-order valence-corrected chi connectivity index (χ0v) is 17.2. The SMILES string of the molecule is Cn1nc(Br)c2c(=O)n(CC(=O)N(Cc3ccccc3)Cc3ccco3)cnc21. The summed E-state index contributed by atoms with van der Waals surface area (Å²) in [6.45, 7) is 0.583. The molecule has 0 spiro atoms. The molecule has 4 aromatic rings. The molecule has 0 saturated heterocycles. The van der Waals surface area contributed by atoms with E-state index in [4.69, 9.17) is 4.42 Å². The van der Waals surface area contributed by atoms with Gasteiger partial charge < -0.3 is 9.32 Å². The van der Waals surface area contributed by atoms with E-state index in [0.717, 1.165) is 5.56 Å². The van der Waals surface area contributed by atoms with Gasteiger partial charge in [0.25, 0.3) is 5.56 Å². The van der Waals surface area contributed by atoms with Crippen molar-refractivity contribution in [1.82, 2.24) is 24.2 Å². The first kappa shape index (κ1) is 19.1. The lowest BCUT2D eigenvalue weighted by Crippen LogP contribution is -2.36. The van der Waals surface area contributed by atoms with Crippen LogP contribution < -0.4 is 5.56 Å². The maximum absolute atomic E-state index is 13.1. The molecule has 0 fully saturated rings. The molecule has 9 heteroatoms. The molecule has 0 bridgehead atoms. The lowest BCUT2D eigenvalue weighted by Gasteiger charge is -2.22. The molecule has 3 heterocycles. The minimum absolute atomic E-state index is 0.128. The van der Waals surface area contributed by atoms with Crippen LogP contribution >= 0.6 is 15.9 Å². The van der Waals surface area contributed by atoms with Gasteiger partial charge >= 0.3 is 0 Å². The first-order valence-electron chi connectivity index (χ1n) is 8.94. The molecule has 0 N–H and O–H groups in total. The number of hydrogen-bond donors (Lipinski definition) is 0. The summed E-state index contributed by atoms with van der Waals surface area (Å²) in [4.78, 5) is 31.9. The van der Waals surface area contributed by atoms with E-state index >= 15 is 0 Å². The van der Waals surface area contributed by atoms with Crippen molar-refractivity contribution in [1.29, 1.82) is 0 Å². The highest BCUT2D eigenvalue weighted by atomic mass is 79.9. The quantitative estimate of drug-likeness (QED) is 0.446. The summed E-state index contributed by atoms with van der Waals surface area (Å²) in [5.74, 6) is 0.457. The Balaban J connectivity index is 1.62. The minimum atomic E-state index is -0.319. The van der Waals surface area contributed by atoms with Crippen molar-refractivity contribution in [2.75, 3.05) is 0 Å². The number of benzene rings is 1. The lowest BCUT2D eigenvalue weighted by atomic mass is 10.2. The Morgan fingerprint density at radius 1 is 1.17 bits per heavy atom. The molecule has 1 aromatic carbocycles. The van der Waals surface area contributed by atoms with Crippen LogP contribution in [0.1, 0.15) is 11.3 Å². The van der Waals surface area contributed by atoms with Crippen molar-refractivity contribution in [3.63, 3.8) is 0 Å². The molecular weight excluding hydrogens is 438 g/mol.